The van der Waals surface area contributed by atoms with E-state index in [-0.39, 0.29) is 5.69 Å². The van der Waals surface area contributed by atoms with E-state index in [0.717, 1.165) is 37.7 Å². The summed E-state index contributed by atoms with van der Waals surface area (Å²) in [6.45, 7) is 3.56. The molecule has 0 spiro atoms. The molecule has 1 aliphatic heterocycles. The monoisotopic (exact) mass is 298 g/mol. The number of hydrogen-bond donors (Lipinski definition) is 1. The zero-order valence-corrected chi connectivity index (χ0v) is 11.7. The summed E-state index contributed by atoms with van der Waals surface area (Å²) in [5.74, 6) is -0.545. The number of carbonyl (C=O) groups excluding carboxylic acids is 1. The number of alkyl halides is 3. The molecule has 1 fully saturated rings. The van der Waals surface area contributed by atoms with E-state index < -0.39 is 17.6 Å². The highest BCUT2D eigenvalue weighted by molar-refractivity contribution is 6.00. The van der Waals surface area contributed by atoms with Crippen LogP contribution in [0.5, 0.6) is 0 Å². The van der Waals surface area contributed by atoms with E-state index in [1.165, 1.54) is 24.3 Å². The first-order valence-corrected chi connectivity index (χ1v) is 6.78. The van der Waals surface area contributed by atoms with Gasteiger partial charge in [-0.05, 0) is 31.9 Å². The molecule has 1 heterocycles. The smallest absolute Gasteiger partial charge is 0.375 e. The molecule has 6 heteroatoms. The van der Waals surface area contributed by atoms with E-state index >= 15 is 0 Å². The number of allylic oxidation sites excluding steroid dienone is 1. The molecular weight excluding hydrogens is 281 g/mol. The first-order chi connectivity index (χ1) is 9.88. The van der Waals surface area contributed by atoms with Crippen molar-refractivity contribution in [2.45, 2.75) is 25.9 Å². The number of nitrogens with zero attached hydrogens (tertiary/aromatic N) is 1. The molecule has 1 saturated heterocycles. The van der Waals surface area contributed by atoms with Gasteiger partial charge in [0.25, 0.3) is 0 Å². The Labute approximate surface area is 121 Å². The SMILES string of the molecule is C/C(=C\C(=O)Nc1ccccc1C(F)(F)F)N1CCCC1. The molecular formula is C15H17F3N2O. The number of para-hydroxylation sites is 1. The van der Waals surface area contributed by atoms with Crippen molar-refractivity contribution in [1.29, 1.82) is 0 Å². The van der Waals surface area contributed by atoms with Gasteiger partial charge < -0.3 is 10.2 Å². The van der Waals surface area contributed by atoms with Gasteiger partial charge in [0, 0.05) is 24.9 Å². The molecule has 0 atom stereocenters. The molecule has 1 aromatic rings. The van der Waals surface area contributed by atoms with Crippen LogP contribution in [0.4, 0.5) is 18.9 Å². The highest BCUT2D eigenvalue weighted by atomic mass is 19.4. The second kappa shape index (κ2) is 6.20. The predicted octanol–water partition coefficient (Wildman–Crippen LogP) is 3.64. The average molecular weight is 298 g/mol. The summed E-state index contributed by atoms with van der Waals surface area (Å²) in [5, 5.41) is 2.31. The van der Waals surface area contributed by atoms with Gasteiger partial charge in [-0.15, -0.1) is 0 Å². The van der Waals surface area contributed by atoms with Gasteiger partial charge in [-0.2, -0.15) is 13.2 Å². The van der Waals surface area contributed by atoms with Crippen LogP contribution in [0.15, 0.2) is 36.0 Å². The molecule has 3 nitrogen and oxygen atoms in total. The summed E-state index contributed by atoms with van der Waals surface area (Å²) in [6, 6.07) is 4.96. The van der Waals surface area contributed by atoms with E-state index in [1.807, 2.05) is 0 Å². The number of benzene rings is 1. The molecule has 1 amide bonds. The van der Waals surface area contributed by atoms with Crippen molar-refractivity contribution in [3.05, 3.63) is 41.6 Å². The van der Waals surface area contributed by atoms with E-state index in [1.54, 1.807) is 6.92 Å². The number of anilines is 1. The van der Waals surface area contributed by atoms with Gasteiger partial charge in [-0.25, -0.2) is 0 Å². The lowest BCUT2D eigenvalue weighted by atomic mass is 10.1. The third-order valence-electron chi connectivity index (χ3n) is 3.44. The first-order valence-electron chi connectivity index (χ1n) is 6.78. The first kappa shape index (κ1) is 15.4. The Balaban J connectivity index is 2.11. The highest BCUT2D eigenvalue weighted by Crippen LogP contribution is 2.34. The third kappa shape index (κ3) is 4.00. The quantitative estimate of drug-likeness (QED) is 0.864. The van der Waals surface area contributed by atoms with E-state index in [2.05, 4.69) is 10.2 Å². The van der Waals surface area contributed by atoms with Gasteiger partial charge in [0.2, 0.25) is 5.91 Å². The highest BCUT2D eigenvalue weighted by Gasteiger charge is 2.33. The lowest BCUT2D eigenvalue weighted by Crippen LogP contribution is -2.20. The second-order valence-electron chi connectivity index (χ2n) is 5.01. The van der Waals surface area contributed by atoms with Crippen molar-refractivity contribution in [2.24, 2.45) is 0 Å². The Kier molecular flexibility index (Phi) is 4.55. The van der Waals surface area contributed by atoms with E-state index in [0.29, 0.717) is 0 Å². The predicted molar refractivity (Wildman–Crippen MR) is 74.6 cm³/mol. The summed E-state index contributed by atoms with van der Waals surface area (Å²) < 4.78 is 38.5. The Morgan fingerprint density at radius 1 is 1.24 bits per heavy atom. The number of rotatable bonds is 3. The van der Waals surface area contributed by atoms with E-state index in [4.69, 9.17) is 0 Å². The number of carbonyl (C=O) groups is 1. The average Bonchev–Trinajstić information content (AvgIpc) is 2.91. The lowest BCUT2D eigenvalue weighted by Gasteiger charge is -2.18. The zero-order valence-electron chi connectivity index (χ0n) is 11.7. The van der Waals surface area contributed by atoms with Crippen LogP contribution in [0.2, 0.25) is 0 Å². The summed E-state index contributed by atoms with van der Waals surface area (Å²) >= 11 is 0. The van der Waals surface area contributed by atoms with Crippen LogP contribution >= 0.6 is 0 Å². The van der Waals surface area contributed by atoms with Crippen molar-refractivity contribution in [1.82, 2.24) is 4.90 Å². The zero-order chi connectivity index (χ0) is 15.5. The molecule has 1 aliphatic rings. The fourth-order valence-corrected chi connectivity index (χ4v) is 2.36. The fraction of sp³-hybridized carbons (Fsp3) is 0.400. The minimum Gasteiger partial charge on any atom is -0.375 e. The summed E-state index contributed by atoms with van der Waals surface area (Å²) in [7, 11) is 0. The molecule has 0 unspecified atom stereocenters. The van der Waals surface area contributed by atoms with E-state index in [9.17, 15) is 18.0 Å². The Morgan fingerprint density at radius 2 is 1.86 bits per heavy atom. The number of likely N-dealkylation sites (tertiary alicyclic amines) is 1. The van der Waals surface area contributed by atoms with Crippen LogP contribution in [0.25, 0.3) is 0 Å². The molecule has 0 aliphatic carbocycles. The molecule has 0 bridgehead atoms. The minimum absolute atomic E-state index is 0.222. The van der Waals surface area contributed by atoms with Crippen molar-refractivity contribution in [3.8, 4) is 0 Å². The van der Waals surface area contributed by atoms with Crippen LogP contribution in [0.3, 0.4) is 0 Å². The van der Waals surface area contributed by atoms with Gasteiger partial charge in [-0.1, -0.05) is 12.1 Å². The maximum atomic E-state index is 12.8. The van der Waals surface area contributed by atoms with Gasteiger partial charge in [0.05, 0.1) is 11.3 Å². The number of nitrogens with one attached hydrogen (secondary N) is 1. The lowest BCUT2D eigenvalue weighted by molar-refractivity contribution is -0.136. The maximum Gasteiger partial charge on any atom is 0.418 e. The molecule has 0 aromatic heterocycles. The molecule has 114 valence electrons. The van der Waals surface area contributed by atoms with Crippen LogP contribution in [-0.2, 0) is 11.0 Å². The number of hydrogen-bond acceptors (Lipinski definition) is 2. The maximum absolute atomic E-state index is 12.8. The molecule has 0 saturated carbocycles. The Morgan fingerprint density at radius 3 is 2.48 bits per heavy atom. The topological polar surface area (TPSA) is 32.3 Å². The van der Waals surface area contributed by atoms with Crippen LogP contribution < -0.4 is 5.32 Å². The minimum atomic E-state index is -4.49. The van der Waals surface area contributed by atoms with Gasteiger partial charge >= 0.3 is 6.18 Å². The second-order valence-corrected chi connectivity index (χ2v) is 5.01. The fourth-order valence-electron chi connectivity index (χ4n) is 2.36. The van der Waals surface area contributed by atoms with Gasteiger partial charge in [0.15, 0.2) is 0 Å². The van der Waals surface area contributed by atoms with Crippen LogP contribution in [0.1, 0.15) is 25.3 Å². The molecule has 0 radical (unpaired) electrons. The summed E-state index contributed by atoms with van der Waals surface area (Å²) in [6.07, 6.45) is -0.997. The van der Waals surface area contributed by atoms with Gasteiger partial charge in [-0.3, -0.25) is 4.79 Å². The summed E-state index contributed by atoms with van der Waals surface area (Å²) in [5.41, 5.74) is -0.291. The largest absolute Gasteiger partial charge is 0.418 e. The van der Waals surface area contributed by atoms with Crippen molar-refractivity contribution in [2.75, 3.05) is 18.4 Å². The van der Waals surface area contributed by atoms with Crippen LogP contribution in [-0.4, -0.2) is 23.9 Å². The van der Waals surface area contributed by atoms with Crippen molar-refractivity contribution in [3.63, 3.8) is 0 Å². The Bertz CT molecular complexity index is 546. The Hall–Kier alpha value is -1.98. The number of halogens is 3. The standard InChI is InChI=1S/C15H17F3N2O/c1-11(20-8-4-5-9-20)10-14(21)19-13-7-3-2-6-12(13)15(16,17)18/h2-3,6-7,10H,4-5,8-9H2,1H3,(H,19,21)/b11-10+. The van der Waals surface area contributed by atoms with Crippen molar-refractivity contribution < 1.29 is 18.0 Å². The normalized spacial score (nSPS) is 16.2. The van der Waals surface area contributed by atoms with Gasteiger partial charge in [0.1, 0.15) is 0 Å². The summed E-state index contributed by atoms with van der Waals surface area (Å²) in [4.78, 5) is 13.9. The van der Waals surface area contributed by atoms with Crippen LogP contribution in [0, 0.1) is 0 Å². The molecule has 21 heavy (non-hydrogen) atoms. The number of amides is 1. The molecule has 1 N–H and O–H groups in total. The third-order valence-corrected chi connectivity index (χ3v) is 3.44. The van der Waals surface area contributed by atoms with Crippen molar-refractivity contribution >= 4 is 11.6 Å². The molecule has 2 rings (SSSR count). The molecule has 1 aromatic carbocycles.